The van der Waals surface area contributed by atoms with Gasteiger partial charge in [0.2, 0.25) is 0 Å². The van der Waals surface area contributed by atoms with Gasteiger partial charge in [-0.05, 0) is 18.6 Å². The van der Waals surface area contributed by atoms with Crippen molar-refractivity contribution in [3.05, 3.63) is 30.0 Å². The molecule has 1 aromatic heterocycles. The van der Waals surface area contributed by atoms with E-state index in [1.165, 1.54) is 0 Å². The van der Waals surface area contributed by atoms with Crippen molar-refractivity contribution in [3.63, 3.8) is 0 Å². The molecular formula is C9H9N3. The summed E-state index contributed by atoms with van der Waals surface area (Å²) in [7, 11) is 0. The number of rotatable bonds is 0. The van der Waals surface area contributed by atoms with Gasteiger partial charge in [0.05, 0.1) is 17.4 Å². The molecular weight excluding hydrogens is 150 g/mol. The minimum Gasteiger partial charge on any atom is -0.397 e. The fraction of sp³-hybridized carbons (Fsp3) is 0.111. The van der Waals surface area contributed by atoms with Gasteiger partial charge >= 0.3 is 0 Å². The van der Waals surface area contributed by atoms with Crippen LogP contribution in [0.4, 0.5) is 5.69 Å². The van der Waals surface area contributed by atoms with Crippen LogP contribution in [0, 0.1) is 6.92 Å². The summed E-state index contributed by atoms with van der Waals surface area (Å²) in [5, 5.41) is 8.76. The molecule has 0 amide bonds. The molecule has 0 fully saturated rings. The summed E-state index contributed by atoms with van der Waals surface area (Å²) in [5.41, 5.74) is 8.44. The SMILES string of the molecule is Cc1cccc2nncc(N)c12. The molecule has 1 aromatic carbocycles. The summed E-state index contributed by atoms with van der Waals surface area (Å²) >= 11 is 0. The summed E-state index contributed by atoms with van der Waals surface area (Å²) in [6, 6.07) is 5.87. The van der Waals surface area contributed by atoms with Crippen LogP contribution in [-0.4, -0.2) is 10.2 Å². The van der Waals surface area contributed by atoms with Crippen LogP contribution in [0.25, 0.3) is 10.9 Å². The van der Waals surface area contributed by atoms with E-state index in [0.29, 0.717) is 5.69 Å². The highest BCUT2D eigenvalue weighted by atomic mass is 15.1. The highest BCUT2D eigenvalue weighted by Gasteiger charge is 2.00. The minimum atomic E-state index is 0.693. The normalized spacial score (nSPS) is 10.4. The third-order valence-electron chi connectivity index (χ3n) is 1.90. The molecule has 12 heavy (non-hydrogen) atoms. The maximum Gasteiger partial charge on any atom is 0.0953 e. The zero-order valence-corrected chi connectivity index (χ0v) is 6.78. The first kappa shape index (κ1) is 7.03. The fourth-order valence-electron chi connectivity index (χ4n) is 1.33. The molecule has 0 aliphatic rings. The smallest absolute Gasteiger partial charge is 0.0953 e. The van der Waals surface area contributed by atoms with Crippen molar-refractivity contribution < 1.29 is 0 Å². The van der Waals surface area contributed by atoms with Gasteiger partial charge in [-0.25, -0.2) is 0 Å². The van der Waals surface area contributed by atoms with E-state index in [0.717, 1.165) is 16.5 Å². The Kier molecular flexibility index (Phi) is 1.43. The molecule has 1 heterocycles. The summed E-state index contributed by atoms with van der Waals surface area (Å²) in [5.74, 6) is 0. The number of nitrogens with zero attached hydrogens (tertiary/aromatic N) is 2. The topological polar surface area (TPSA) is 51.8 Å². The second-order valence-electron chi connectivity index (χ2n) is 2.77. The van der Waals surface area contributed by atoms with Gasteiger partial charge < -0.3 is 5.73 Å². The van der Waals surface area contributed by atoms with Crippen molar-refractivity contribution >= 4 is 16.6 Å². The Balaban J connectivity index is 2.96. The highest BCUT2D eigenvalue weighted by molar-refractivity contribution is 5.91. The molecule has 2 aromatic rings. The summed E-state index contributed by atoms with van der Waals surface area (Å²) in [4.78, 5) is 0. The molecule has 2 rings (SSSR count). The molecule has 2 N–H and O–H groups in total. The monoisotopic (exact) mass is 159 g/mol. The lowest BCUT2D eigenvalue weighted by molar-refractivity contribution is 1.08. The van der Waals surface area contributed by atoms with Crippen molar-refractivity contribution in [1.82, 2.24) is 10.2 Å². The highest BCUT2D eigenvalue weighted by Crippen LogP contribution is 2.20. The number of benzene rings is 1. The molecule has 0 atom stereocenters. The lowest BCUT2D eigenvalue weighted by Crippen LogP contribution is -1.93. The Morgan fingerprint density at radius 3 is 2.92 bits per heavy atom. The summed E-state index contributed by atoms with van der Waals surface area (Å²) < 4.78 is 0. The third kappa shape index (κ3) is 0.906. The van der Waals surface area contributed by atoms with Crippen LogP contribution in [-0.2, 0) is 0 Å². The van der Waals surface area contributed by atoms with Crippen molar-refractivity contribution in [1.29, 1.82) is 0 Å². The number of nitrogen functional groups attached to an aromatic ring is 1. The van der Waals surface area contributed by atoms with Crippen molar-refractivity contribution in [3.8, 4) is 0 Å². The van der Waals surface area contributed by atoms with Gasteiger partial charge in [0.25, 0.3) is 0 Å². The molecule has 0 saturated heterocycles. The Hall–Kier alpha value is -1.64. The van der Waals surface area contributed by atoms with Crippen LogP contribution in [0.3, 0.4) is 0 Å². The quantitative estimate of drug-likeness (QED) is 0.634. The van der Waals surface area contributed by atoms with E-state index in [1.807, 2.05) is 25.1 Å². The minimum absolute atomic E-state index is 0.693. The average molecular weight is 159 g/mol. The van der Waals surface area contributed by atoms with Gasteiger partial charge in [0, 0.05) is 5.39 Å². The van der Waals surface area contributed by atoms with E-state index < -0.39 is 0 Å². The first-order valence-electron chi connectivity index (χ1n) is 3.75. The van der Waals surface area contributed by atoms with E-state index in [9.17, 15) is 0 Å². The van der Waals surface area contributed by atoms with Crippen LogP contribution >= 0.6 is 0 Å². The number of aryl methyl sites for hydroxylation is 1. The third-order valence-corrected chi connectivity index (χ3v) is 1.90. The molecule has 0 radical (unpaired) electrons. The van der Waals surface area contributed by atoms with Crippen LogP contribution in [0.1, 0.15) is 5.56 Å². The zero-order valence-electron chi connectivity index (χ0n) is 6.78. The number of hydrogen-bond donors (Lipinski definition) is 1. The average Bonchev–Trinajstić information content (AvgIpc) is 2.04. The van der Waals surface area contributed by atoms with E-state index in [-0.39, 0.29) is 0 Å². The maximum absolute atomic E-state index is 5.75. The van der Waals surface area contributed by atoms with Crippen molar-refractivity contribution in [2.45, 2.75) is 6.92 Å². The lowest BCUT2D eigenvalue weighted by atomic mass is 10.1. The van der Waals surface area contributed by atoms with Crippen LogP contribution < -0.4 is 5.73 Å². The zero-order chi connectivity index (χ0) is 8.55. The van der Waals surface area contributed by atoms with Crippen LogP contribution in [0.15, 0.2) is 24.4 Å². The molecule has 0 spiro atoms. The predicted octanol–water partition coefficient (Wildman–Crippen LogP) is 1.52. The lowest BCUT2D eigenvalue weighted by Gasteiger charge is -2.01. The van der Waals surface area contributed by atoms with Crippen LogP contribution in [0.2, 0.25) is 0 Å². The van der Waals surface area contributed by atoms with Gasteiger partial charge in [-0.3, -0.25) is 0 Å². The Morgan fingerprint density at radius 2 is 2.17 bits per heavy atom. The second kappa shape index (κ2) is 2.44. The van der Waals surface area contributed by atoms with E-state index in [1.54, 1.807) is 6.20 Å². The van der Waals surface area contributed by atoms with Crippen molar-refractivity contribution in [2.24, 2.45) is 0 Å². The molecule has 0 unspecified atom stereocenters. The molecule has 0 saturated carbocycles. The number of anilines is 1. The number of nitrogens with two attached hydrogens (primary N) is 1. The van der Waals surface area contributed by atoms with E-state index in [4.69, 9.17) is 5.73 Å². The second-order valence-corrected chi connectivity index (χ2v) is 2.77. The molecule has 0 aliphatic heterocycles. The fourth-order valence-corrected chi connectivity index (χ4v) is 1.33. The first-order valence-corrected chi connectivity index (χ1v) is 3.75. The molecule has 60 valence electrons. The van der Waals surface area contributed by atoms with Gasteiger partial charge in [-0.15, -0.1) is 0 Å². The predicted molar refractivity (Wildman–Crippen MR) is 48.7 cm³/mol. The molecule has 3 nitrogen and oxygen atoms in total. The Labute approximate surface area is 70.2 Å². The number of hydrogen-bond acceptors (Lipinski definition) is 3. The Bertz CT molecular complexity index is 386. The van der Waals surface area contributed by atoms with Gasteiger partial charge in [0.1, 0.15) is 0 Å². The number of aromatic nitrogens is 2. The largest absolute Gasteiger partial charge is 0.397 e. The molecule has 3 heteroatoms. The van der Waals surface area contributed by atoms with Crippen LogP contribution in [0.5, 0.6) is 0 Å². The Morgan fingerprint density at radius 1 is 1.33 bits per heavy atom. The summed E-state index contributed by atoms with van der Waals surface area (Å²) in [6.45, 7) is 2.01. The molecule has 0 aliphatic carbocycles. The van der Waals surface area contributed by atoms with E-state index >= 15 is 0 Å². The maximum atomic E-state index is 5.75. The van der Waals surface area contributed by atoms with Crippen molar-refractivity contribution in [2.75, 3.05) is 5.73 Å². The van der Waals surface area contributed by atoms with Gasteiger partial charge in [0.15, 0.2) is 0 Å². The summed E-state index contributed by atoms with van der Waals surface area (Å²) in [6.07, 6.45) is 1.58. The molecule has 0 bridgehead atoms. The van der Waals surface area contributed by atoms with E-state index in [2.05, 4.69) is 10.2 Å². The van der Waals surface area contributed by atoms with Gasteiger partial charge in [-0.1, -0.05) is 12.1 Å². The standard InChI is InChI=1S/C9H9N3/c1-6-3-2-4-8-9(6)7(10)5-11-12-8/h2-5H,1H3,(H2,10,12). The van der Waals surface area contributed by atoms with Gasteiger partial charge in [-0.2, -0.15) is 10.2 Å². The number of fused-ring (bicyclic) bond motifs is 1. The first-order chi connectivity index (χ1) is 5.79.